The fourth-order valence-electron chi connectivity index (χ4n) is 1.94. The standard InChI is InChI=1S/C15H16FNO/c16-13-8-4-7-12(10-13)15(18)14(17)9-11-5-2-1-3-6-11/h1-8,10,14-15,18H,9,17H2. The molecule has 94 valence electrons. The molecule has 0 aromatic heterocycles. The number of benzene rings is 2. The summed E-state index contributed by atoms with van der Waals surface area (Å²) in [6.07, 6.45) is -0.306. The molecule has 0 spiro atoms. The molecular formula is C15H16FNO. The molecule has 0 bridgehead atoms. The predicted molar refractivity (Wildman–Crippen MR) is 69.5 cm³/mol. The van der Waals surface area contributed by atoms with Gasteiger partial charge in [-0.05, 0) is 29.7 Å². The van der Waals surface area contributed by atoms with Crippen molar-refractivity contribution in [2.24, 2.45) is 5.73 Å². The van der Waals surface area contributed by atoms with Gasteiger partial charge in [-0.3, -0.25) is 0 Å². The Hall–Kier alpha value is -1.71. The van der Waals surface area contributed by atoms with Gasteiger partial charge in [0.15, 0.2) is 0 Å². The summed E-state index contributed by atoms with van der Waals surface area (Å²) in [4.78, 5) is 0. The molecule has 0 heterocycles. The van der Waals surface area contributed by atoms with E-state index in [2.05, 4.69) is 0 Å². The lowest BCUT2D eigenvalue weighted by molar-refractivity contribution is 0.146. The van der Waals surface area contributed by atoms with E-state index in [0.717, 1.165) is 5.56 Å². The lowest BCUT2D eigenvalue weighted by atomic mass is 9.97. The summed E-state index contributed by atoms with van der Waals surface area (Å²) in [5.74, 6) is -0.363. The Bertz CT molecular complexity index is 501. The molecule has 0 saturated carbocycles. The van der Waals surface area contributed by atoms with Gasteiger partial charge in [0.2, 0.25) is 0 Å². The van der Waals surface area contributed by atoms with Gasteiger partial charge in [0.05, 0.1) is 6.10 Å². The summed E-state index contributed by atoms with van der Waals surface area (Å²) < 4.78 is 13.1. The lowest BCUT2D eigenvalue weighted by Gasteiger charge is -2.19. The quantitative estimate of drug-likeness (QED) is 0.869. The molecule has 2 unspecified atom stereocenters. The van der Waals surface area contributed by atoms with Crippen LogP contribution in [0.25, 0.3) is 0 Å². The van der Waals surface area contributed by atoms with Crippen LogP contribution in [0.5, 0.6) is 0 Å². The Balaban J connectivity index is 2.07. The number of aliphatic hydroxyl groups is 1. The van der Waals surface area contributed by atoms with E-state index < -0.39 is 12.1 Å². The topological polar surface area (TPSA) is 46.2 Å². The Morgan fingerprint density at radius 1 is 1.06 bits per heavy atom. The van der Waals surface area contributed by atoms with E-state index in [-0.39, 0.29) is 5.82 Å². The normalized spacial score (nSPS) is 14.2. The molecule has 0 radical (unpaired) electrons. The smallest absolute Gasteiger partial charge is 0.123 e. The first kappa shape index (κ1) is 12.7. The van der Waals surface area contributed by atoms with E-state index in [1.165, 1.54) is 12.1 Å². The fourth-order valence-corrected chi connectivity index (χ4v) is 1.94. The van der Waals surface area contributed by atoms with Crippen molar-refractivity contribution in [1.29, 1.82) is 0 Å². The van der Waals surface area contributed by atoms with Gasteiger partial charge < -0.3 is 10.8 Å². The van der Waals surface area contributed by atoms with E-state index >= 15 is 0 Å². The van der Waals surface area contributed by atoms with Crippen molar-refractivity contribution in [1.82, 2.24) is 0 Å². The number of hydrogen-bond acceptors (Lipinski definition) is 2. The maximum Gasteiger partial charge on any atom is 0.123 e. The van der Waals surface area contributed by atoms with Crippen molar-refractivity contribution >= 4 is 0 Å². The molecule has 0 aliphatic carbocycles. The summed E-state index contributed by atoms with van der Waals surface area (Å²) in [6.45, 7) is 0. The van der Waals surface area contributed by atoms with E-state index in [0.29, 0.717) is 12.0 Å². The number of halogens is 1. The van der Waals surface area contributed by atoms with E-state index in [4.69, 9.17) is 5.73 Å². The molecule has 2 rings (SSSR count). The minimum absolute atomic E-state index is 0.363. The second-order valence-corrected chi connectivity index (χ2v) is 4.35. The largest absolute Gasteiger partial charge is 0.387 e. The highest BCUT2D eigenvalue weighted by molar-refractivity contribution is 5.22. The molecule has 0 fully saturated rings. The van der Waals surface area contributed by atoms with E-state index in [1.54, 1.807) is 12.1 Å². The van der Waals surface area contributed by atoms with Crippen molar-refractivity contribution in [2.75, 3.05) is 0 Å². The highest BCUT2D eigenvalue weighted by atomic mass is 19.1. The number of aliphatic hydroxyl groups excluding tert-OH is 1. The second kappa shape index (κ2) is 5.76. The lowest BCUT2D eigenvalue weighted by Crippen LogP contribution is -2.30. The average molecular weight is 245 g/mol. The molecule has 0 saturated heterocycles. The third-order valence-corrected chi connectivity index (χ3v) is 2.91. The predicted octanol–water partition coefficient (Wildman–Crippen LogP) is 2.43. The summed E-state index contributed by atoms with van der Waals surface area (Å²) >= 11 is 0. The summed E-state index contributed by atoms with van der Waals surface area (Å²) in [6, 6.07) is 15.2. The van der Waals surface area contributed by atoms with E-state index in [1.807, 2.05) is 30.3 Å². The van der Waals surface area contributed by atoms with Gasteiger partial charge in [0.25, 0.3) is 0 Å². The maximum atomic E-state index is 13.1. The zero-order chi connectivity index (χ0) is 13.0. The fraction of sp³-hybridized carbons (Fsp3) is 0.200. The zero-order valence-electron chi connectivity index (χ0n) is 9.96. The van der Waals surface area contributed by atoms with Crippen molar-refractivity contribution < 1.29 is 9.50 Å². The van der Waals surface area contributed by atoms with Crippen LogP contribution in [0.4, 0.5) is 4.39 Å². The van der Waals surface area contributed by atoms with Crippen LogP contribution in [0.15, 0.2) is 54.6 Å². The summed E-state index contributed by atoms with van der Waals surface area (Å²) in [5.41, 5.74) is 7.53. The first-order chi connectivity index (χ1) is 8.66. The van der Waals surface area contributed by atoms with Gasteiger partial charge in [0.1, 0.15) is 5.82 Å². The highest BCUT2D eigenvalue weighted by Gasteiger charge is 2.17. The van der Waals surface area contributed by atoms with Gasteiger partial charge in [-0.1, -0.05) is 42.5 Å². The van der Waals surface area contributed by atoms with Crippen LogP contribution in [0.1, 0.15) is 17.2 Å². The van der Waals surface area contributed by atoms with Crippen LogP contribution in [0.3, 0.4) is 0 Å². The van der Waals surface area contributed by atoms with Crippen LogP contribution in [-0.4, -0.2) is 11.1 Å². The minimum Gasteiger partial charge on any atom is -0.387 e. The summed E-state index contributed by atoms with van der Waals surface area (Å²) in [7, 11) is 0. The van der Waals surface area contributed by atoms with Gasteiger partial charge in [-0.15, -0.1) is 0 Å². The Labute approximate surface area is 106 Å². The van der Waals surface area contributed by atoms with E-state index in [9.17, 15) is 9.50 Å². The molecule has 2 nitrogen and oxygen atoms in total. The molecule has 0 amide bonds. The first-order valence-electron chi connectivity index (χ1n) is 5.90. The number of rotatable bonds is 4. The number of hydrogen-bond donors (Lipinski definition) is 2. The average Bonchev–Trinajstić information content (AvgIpc) is 2.39. The zero-order valence-corrected chi connectivity index (χ0v) is 9.96. The van der Waals surface area contributed by atoms with Gasteiger partial charge in [-0.25, -0.2) is 4.39 Å². The Kier molecular flexibility index (Phi) is 4.07. The SMILES string of the molecule is NC(Cc1ccccc1)C(O)c1cccc(F)c1. The molecule has 3 heteroatoms. The molecule has 2 atom stereocenters. The maximum absolute atomic E-state index is 13.1. The van der Waals surface area contributed by atoms with Gasteiger partial charge >= 0.3 is 0 Å². The molecule has 0 aliphatic rings. The highest BCUT2D eigenvalue weighted by Crippen LogP contribution is 2.19. The van der Waals surface area contributed by atoms with Gasteiger partial charge in [-0.2, -0.15) is 0 Å². The monoisotopic (exact) mass is 245 g/mol. The molecule has 0 aliphatic heterocycles. The van der Waals surface area contributed by atoms with Crippen LogP contribution >= 0.6 is 0 Å². The van der Waals surface area contributed by atoms with Crippen LogP contribution < -0.4 is 5.73 Å². The third-order valence-electron chi connectivity index (χ3n) is 2.91. The molecule has 2 aromatic rings. The van der Waals surface area contributed by atoms with Crippen molar-refractivity contribution in [2.45, 2.75) is 18.6 Å². The van der Waals surface area contributed by atoms with Crippen LogP contribution in [0, 0.1) is 5.82 Å². The summed E-state index contributed by atoms with van der Waals surface area (Å²) in [5, 5.41) is 10.1. The molecule has 18 heavy (non-hydrogen) atoms. The Morgan fingerprint density at radius 2 is 1.78 bits per heavy atom. The molecular weight excluding hydrogens is 229 g/mol. The second-order valence-electron chi connectivity index (χ2n) is 4.35. The molecule has 3 N–H and O–H groups in total. The third kappa shape index (κ3) is 3.15. The van der Waals surface area contributed by atoms with Crippen molar-refractivity contribution in [3.05, 3.63) is 71.5 Å². The Morgan fingerprint density at radius 3 is 2.44 bits per heavy atom. The van der Waals surface area contributed by atoms with Gasteiger partial charge in [0, 0.05) is 6.04 Å². The molecule has 2 aromatic carbocycles. The van der Waals surface area contributed by atoms with Crippen molar-refractivity contribution in [3.8, 4) is 0 Å². The minimum atomic E-state index is -0.860. The number of nitrogens with two attached hydrogens (primary N) is 1. The van der Waals surface area contributed by atoms with Crippen LogP contribution in [0.2, 0.25) is 0 Å². The first-order valence-corrected chi connectivity index (χ1v) is 5.90. The van der Waals surface area contributed by atoms with Crippen LogP contribution in [-0.2, 0) is 6.42 Å². The van der Waals surface area contributed by atoms with Crippen molar-refractivity contribution in [3.63, 3.8) is 0 Å².